The van der Waals surface area contributed by atoms with Crippen LogP contribution in [0.4, 0.5) is 4.39 Å². The van der Waals surface area contributed by atoms with Gasteiger partial charge in [-0.3, -0.25) is 9.59 Å². The van der Waals surface area contributed by atoms with Crippen LogP contribution in [-0.2, 0) is 22.6 Å². The van der Waals surface area contributed by atoms with Gasteiger partial charge in [-0.2, -0.15) is 0 Å². The number of thioether (sulfide) groups is 1. The summed E-state index contributed by atoms with van der Waals surface area (Å²) >= 11 is 1.39. The Labute approximate surface area is 149 Å². The zero-order chi connectivity index (χ0) is 17.8. The molecule has 0 aliphatic carbocycles. The van der Waals surface area contributed by atoms with Crippen LogP contribution >= 0.6 is 11.8 Å². The van der Waals surface area contributed by atoms with Gasteiger partial charge in [0.05, 0.1) is 18.1 Å². The van der Waals surface area contributed by atoms with Crippen molar-refractivity contribution in [3.05, 3.63) is 59.8 Å². The number of carbonyl (C=O) groups is 2. The first-order chi connectivity index (χ1) is 12.0. The molecule has 0 radical (unpaired) electrons. The van der Waals surface area contributed by atoms with Crippen LogP contribution in [0.1, 0.15) is 11.3 Å². The van der Waals surface area contributed by atoms with Crippen molar-refractivity contribution >= 4 is 23.6 Å². The van der Waals surface area contributed by atoms with E-state index in [-0.39, 0.29) is 17.6 Å². The minimum atomic E-state index is -0.575. The molecule has 1 aromatic heterocycles. The highest BCUT2D eigenvalue weighted by atomic mass is 32.2. The van der Waals surface area contributed by atoms with E-state index in [1.807, 2.05) is 0 Å². The molecule has 2 amide bonds. The molecule has 5 nitrogen and oxygen atoms in total. The Morgan fingerprint density at radius 1 is 1.36 bits per heavy atom. The van der Waals surface area contributed by atoms with Crippen molar-refractivity contribution < 1.29 is 18.4 Å². The molecule has 2 unspecified atom stereocenters. The lowest BCUT2D eigenvalue weighted by Crippen LogP contribution is -2.54. The highest BCUT2D eigenvalue weighted by molar-refractivity contribution is 8.00. The van der Waals surface area contributed by atoms with Gasteiger partial charge in [0, 0.05) is 12.8 Å². The number of nitrogens with one attached hydrogen (secondary N) is 1. The van der Waals surface area contributed by atoms with Gasteiger partial charge in [0.1, 0.15) is 17.6 Å². The molecule has 1 aromatic carbocycles. The largest absolute Gasteiger partial charge is 0.467 e. The zero-order valence-corrected chi connectivity index (χ0v) is 14.6. The first kappa shape index (κ1) is 17.5. The van der Waals surface area contributed by atoms with Crippen LogP contribution in [0, 0.1) is 5.82 Å². The Bertz CT molecular complexity index is 751. The van der Waals surface area contributed by atoms with Crippen LogP contribution < -0.4 is 5.32 Å². The molecule has 2 aromatic rings. The SMILES string of the molecule is CN(Cc1ccco1)C(=O)C1CSC(Cc2ccccc2F)C(=O)N1. The fourth-order valence-electron chi connectivity index (χ4n) is 2.72. The minimum absolute atomic E-state index is 0.165. The Balaban J connectivity index is 1.56. The molecular formula is C18H19FN2O3S. The number of nitrogens with zero attached hydrogens (tertiary/aromatic N) is 1. The van der Waals surface area contributed by atoms with Crippen LogP contribution in [0.25, 0.3) is 0 Å². The summed E-state index contributed by atoms with van der Waals surface area (Å²) in [5.74, 6) is 0.438. The molecule has 132 valence electrons. The summed E-state index contributed by atoms with van der Waals surface area (Å²) in [5, 5.41) is 2.37. The van der Waals surface area contributed by atoms with Crippen molar-refractivity contribution in [1.82, 2.24) is 10.2 Å². The topological polar surface area (TPSA) is 62.6 Å². The molecule has 0 bridgehead atoms. The predicted molar refractivity (Wildman–Crippen MR) is 93.5 cm³/mol. The van der Waals surface area contributed by atoms with E-state index in [0.29, 0.717) is 30.0 Å². The Morgan fingerprint density at radius 3 is 2.84 bits per heavy atom. The Kier molecular flexibility index (Phi) is 5.43. The van der Waals surface area contributed by atoms with E-state index in [4.69, 9.17) is 4.42 Å². The lowest BCUT2D eigenvalue weighted by atomic mass is 10.1. The Morgan fingerprint density at radius 2 is 2.16 bits per heavy atom. The van der Waals surface area contributed by atoms with E-state index in [0.717, 1.165) is 0 Å². The fraction of sp³-hybridized carbons (Fsp3) is 0.333. The molecule has 0 saturated carbocycles. The van der Waals surface area contributed by atoms with Crippen LogP contribution in [-0.4, -0.2) is 40.8 Å². The molecule has 0 spiro atoms. The third-order valence-electron chi connectivity index (χ3n) is 4.08. The fourth-order valence-corrected chi connectivity index (χ4v) is 3.89. The summed E-state index contributed by atoms with van der Waals surface area (Å²) < 4.78 is 19.0. The quantitative estimate of drug-likeness (QED) is 0.886. The average Bonchev–Trinajstić information content (AvgIpc) is 3.10. The lowest BCUT2D eigenvalue weighted by Gasteiger charge is -2.30. The molecule has 1 aliphatic heterocycles. The number of halogens is 1. The third kappa shape index (κ3) is 4.22. The monoisotopic (exact) mass is 362 g/mol. The second-order valence-electron chi connectivity index (χ2n) is 5.95. The molecule has 2 atom stereocenters. The van der Waals surface area contributed by atoms with Crippen molar-refractivity contribution in [2.24, 2.45) is 0 Å². The van der Waals surface area contributed by atoms with Crippen LogP contribution in [0.3, 0.4) is 0 Å². The number of furan rings is 1. The molecule has 2 heterocycles. The molecule has 7 heteroatoms. The van der Waals surface area contributed by atoms with Crippen molar-refractivity contribution in [3.8, 4) is 0 Å². The number of likely N-dealkylation sites (N-methyl/N-ethyl adjacent to an activating group) is 1. The number of benzene rings is 1. The second kappa shape index (κ2) is 7.74. The molecule has 1 saturated heterocycles. The van der Waals surface area contributed by atoms with Crippen molar-refractivity contribution in [1.29, 1.82) is 0 Å². The molecule has 3 rings (SSSR count). The van der Waals surface area contributed by atoms with Crippen LogP contribution in [0.15, 0.2) is 47.1 Å². The summed E-state index contributed by atoms with van der Waals surface area (Å²) in [5.41, 5.74) is 0.509. The molecular weight excluding hydrogens is 343 g/mol. The lowest BCUT2D eigenvalue weighted by molar-refractivity contribution is -0.135. The summed E-state index contributed by atoms with van der Waals surface area (Å²) in [6.07, 6.45) is 1.87. The van der Waals surface area contributed by atoms with E-state index in [1.54, 1.807) is 43.6 Å². The number of amides is 2. The van der Waals surface area contributed by atoms with Gasteiger partial charge < -0.3 is 14.6 Å². The standard InChI is InChI=1S/C18H19FN2O3S/c1-21(10-13-6-4-8-24-13)18(23)15-11-25-16(17(22)20-15)9-12-5-2-3-7-14(12)19/h2-8,15-16H,9-11H2,1H3,(H,20,22). The molecule has 1 N–H and O–H groups in total. The van der Waals surface area contributed by atoms with Gasteiger partial charge >= 0.3 is 0 Å². The second-order valence-corrected chi connectivity index (χ2v) is 7.19. The third-order valence-corrected chi connectivity index (χ3v) is 5.39. The van der Waals surface area contributed by atoms with E-state index < -0.39 is 11.3 Å². The normalized spacial score (nSPS) is 20.2. The highest BCUT2D eigenvalue weighted by Crippen LogP contribution is 2.24. The van der Waals surface area contributed by atoms with Crippen LogP contribution in [0.2, 0.25) is 0 Å². The highest BCUT2D eigenvalue weighted by Gasteiger charge is 2.34. The molecule has 25 heavy (non-hydrogen) atoms. The number of carbonyl (C=O) groups excluding carboxylic acids is 2. The van der Waals surface area contributed by atoms with Gasteiger partial charge in [0.2, 0.25) is 11.8 Å². The smallest absolute Gasteiger partial charge is 0.246 e. The van der Waals surface area contributed by atoms with Crippen molar-refractivity contribution in [3.63, 3.8) is 0 Å². The van der Waals surface area contributed by atoms with E-state index in [1.165, 1.54) is 22.7 Å². The number of rotatable bonds is 5. The van der Waals surface area contributed by atoms with E-state index in [9.17, 15) is 14.0 Å². The van der Waals surface area contributed by atoms with Gasteiger partial charge in [0.15, 0.2) is 0 Å². The zero-order valence-electron chi connectivity index (χ0n) is 13.8. The molecule has 1 fully saturated rings. The van der Waals surface area contributed by atoms with Gasteiger partial charge in [-0.1, -0.05) is 18.2 Å². The number of hydrogen-bond acceptors (Lipinski definition) is 4. The van der Waals surface area contributed by atoms with E-state index in [2.05, 4.69) is 5.32 Å². The van der Waals surface area contributed by atoms with Crippen molar-refractivity contribution in [2.45, 2.75) is 24.3 Å². The summed E-state index contributed by atoms with van der Waals surface area (Å²) in [6, 6.07) is 9.42. The van der Waals surface area contributed by atoms with Gasteiger partial charge in [0.25, 0.3) is 0 Å². The van der Waals surface area contributed by atoms with E-state index >= 15 is 0 Å². The van der Waals surface area contributed by atoms with Crippen molar-refractivity contribution in [2.75, 3.05) is 12.8 Å². The minimum Gasteiger partial charge on any atom is -0.467 e. The maximum Gasteiger partial charge on any atom is 0.246 e. The average molecular weight is 362 g/mol. The summed E-state index contributed by atoms with van der Waals surface area (Å²) in [7, 11) is 1.67. The number of hydrogen-bond donors (Lipinski definition) is 1. The molecule has 1 aliphatic rings. The maximum atomic E-state index is 13.8. The summed E-state index contributed by atoms with van der Waals surface area (Å²) in [4.78, 5) is 26.3. The predicted octanol–water partition coefficient (Wildman–Crippen LogP) is 2.22. The van der Waals surface area contributed by atoms with Gasteiger partial charge in [-0.25, -0.2) is 4.39 Å². The first-order valence-corrected chi connectivity index (χ1v) is 9.02. The van der Waals surface area contributed by atoms with Gasteiger partial charge in [-0.15, -0.1) is 11.8 Å². The summed E-state index contributed by atoms with van der Waals surface area (Å²) in [6.45, 7) is 0.349. The maximum absolute atomic E-state index is 13.8. The van der Waals surface area contributed by atoms with Crippen LogP contribution in [0.5, 0.6) is 0 Å². The Hall–Kier alpha value is -2.28. The first-order valence-electron chi connectivity index (χ1n) is 7.97. The van der Waals surface area contributed by atoms with Gasteiger partial charge in [-0.05, 0) is 30.2 Å².